The number of ketones is 1. The lowest BCUT2D eigenvalue weighted by atomic mass is 9.99. The summed E-state index contributed by atoms with van der Waals surface area (Å²) in [7, 11) is 0. The van der Waals surface area contributed by atoms with Gasteiger partial charge >= 0.3 is 5.97 Å². The van der Waals surface area contributed by atoms with Crippen molar-refractivity contribution in [2.45, 2.75) is 25.9 Å². The van der Waals surface area contributed by atoms with Gasteiger partial charge in [-0.05, 0) is 30.7 Å². The van der Waals surface area contributed by atoms with E-state index in [2.05, 4.69) is 5.32 Å². The van der Waals surface area contributed by atoms with Crippen LogP contribution in [0.2, 0.25) is 0 Å². The first-order chi connectivity index (χ1) is 17.2. The molecule has 0 aliphatic heterocycles. The van der Waals surface area contributed by atoms with Gasteiger partial charge in [0.05, 0.1) is 16.3 Å². The highest BCUT2D eigenvalue weighted by atomic mass is 16.6. The van der Waals surface area contributed by atoms with Crippen LogP contribution in [-0.4, -0.2) is 27.5 Å². The van der Waals surface area contributed by atoms with Gasteiger partial charge in [-0.2, -0.15) is 0 Å². The van der Waals surface area contributed by atoms with Crippen molar-refractivity contribution >= 4 is 34.7 Å². The number of carbonyl (C=O) groups excluding carboxylic acids is 3. The maximum absolute atomic E-state index is 13.1. The molecule has 0 heterocycles. The number of ether oxygens (including phenoxy) is 1. The van der Waals surface area contributed by atoms with Gasteiger partial charge in [0.2, 0.25) is 11.7 Å². The summed E-state index contributed by atoms with van der Waals surface area (Å²) in [5.74, 6) is -2.06. The zero-order valence-corrected chi connectivity index (χ0v) is 19.1. The lowest BCUT2D eigenvalue weighted by molar-refractivity contribution is -0.384. The first-order valence-electron chi connectivity index (χ1n) is 10.7. The molecule has 0 bridgehead atoms. The smallest absolute Gasteiger partial charge is 0.307 e. The molecular weight excluding hydrogens is 470 g/mol. The highest BCUT2D eigenvalue weighted by Gasteiger charge is 2.27. The van der Waals surface area contributed by atoms with Gasteiger partial charge in [-0.1, -0.05) is 36.4 Å². The third-order valence-electron chi connectivity index (χ3n) is 5.13. The molecule has 0 saturated carbocycles. The summed E-state index contributed by atoms with van der Waals surface area (Å²) >= 11 is 0. The highest BCUT2D eigenvalue weighted by Crippen LogP contribution is 2.27. The maximum Gasteiger partial charge on any atom is 0.307 e. The number of nitro benzene ring substituents is 2. The van der Waals surface area contributed by atoms with Crippen molar-refractivity contribution in [3.05, 3.63) is 110 Å². The van der Waals surface area contributed by atoms with Gasteiger partial charge in [-0.25, -0.2) is 0 Å². The van der Waals surface area contributed by atoms with Gasteiger partial charge in [0.1, 0.15) is 5.69 Å². The Morgan fingerprint density at radius 1 is 0.889 bits per heavy atom. The molecule has 11 heteroatoms. The number of nitrogens with one attached hydrogen (secondary N) is 1. The Morgan fingerprint density at radius 2 is 1.56 bits per heavy atom. The van der Waals surface area contributed by atoms with E-state index in [1.54, 1.807) is 31.2 Å². The summed E-state index contributed by atoms with van der Waals surface area (Å²) in [4.78, 5) is 58.9. The summed E-state index contributed by atoms with van der Waals surface area (Å²) < 4.78 is 5.38. The standard InChI is InChI=1S/C25H21N3O8/c1-16-7-12-20(21(15-16)28(34)35)26-22(29)13-14-23(30)36-25(24(31)17-5-3-2-4-6-17)18-8-10-19(11-9-18)27(32)33/h2-12,15,25H,13-14H2,1H3,(H,26,29)/t25-/m0/s1. The Bertz CT molecular complexity index is 1310. The fourth-order valence-corrected chi connectivity index (χ4v) is 3.31. The Labute approximate surface area is 205 Å². The Morgan fingerprint density at radius 3 is 2.17 bits per heavy atom. The first-order valence-corrected chi connectivity index (χ1v) is 10.7. The number of carbonyl (C=O) groups is 3. The van der Waals surface area contributed by atoms with Crippen LogP contribution in [0.5, 0.6) is 0 Å². The Kier molecular flexibility index (Phi) is 8.18. The number of amides is 1. The number of nitro groups is 2. The van der Waals surface area contributed by atoms with E-state index in [0.29, 0.717) is 5.56 Å². The van der Waals surface area contributed by atoms with E-state index in [9.17, 15) is 34.6 Å². The molecule has 184 valence electrons. The molecule has 1 amide bonds. The lowest BCUT2D eigenvalue weighted by Gasteiger charge is -2.17. The zero-order chi connectivity index (χ0) is 26.2. The third kappa shape index (κ3) is 6.56. The van der Waals surface area contributed by atoms with E-state index in [4.69, 9.17) is 4.74 Å². The monoisotopic (exact) mass is 491 g/mol. The van der Waals surface area contributed by atoms with Crippen LogP contribution in [0.25, 0.3) is 0 Å². The number of aryl methyl sites for hydroxylation is 1. The molecule has 0 radical (unpaired) electrons. The molecule has 11 nitrogen and oxygen atoms in total. The number of nitrogens with zero attached hydrogens (tertiary/aromatic N) is 2. The van der Waals surface area contributed by atoms with Crippen LogP contribution < -0.4 is 5.32 Å². The van der Waals surface area contributed by atoms with E-state index in [0.717, 1.165) is 0 Å². The molecule has 3 aromatic carbocycles. The summed E-state index contributed by atoms with van der Waals surface area (Å²) in [6, 6.07) is 17.4. The number of esters is 1. The highest BCUT2D eigenvalue weighted by molar-refractivity contribution is 6.01. The minimum Gasteiger partial charge on any atom is -0.449 e. The van der Waals surface area contributed by atoms with Crippen molar-refractivity contribution in [1.29, 1.82) is 0 Å². The normalized spacial score (nSPS) is 11.2. The van der Waals surface area contributed by atoms with E-state index in [1.165, 1.54) is 48.5 Å². The molecule has 36 heavy (non-hydrogen) atoms. The van der Waals surface area contributed by atoms with E-state index < -0.39 is 40.0 Å². The van der Waals surface area contributed by atoms with Gasteiger partial charge in [0.15, 0.2) is 6.10 Å². The first kappa shape index (κ1) is 25.7. The zero-order valence-electron chi connectivity index (χ0n) is 19.1. The van der Waals surface area contributed by atoms with Gasteiger partial charge in [0, 0.05) is 35.7 Å². The molecule has 0 saturated heterocycles. The number of rotatable bonds is 10. The summed E-state index contributed by atoms with van der Waals surface area (Å²) in [5.41, 5.74) is 0.645. The molecule has 0 unspecified atom stereocenters. The van der Waals surface area contributed by atoms with Crippen LogP contribution in [0.15, 0.2) is 72.8 Å². The summed E-state index contributed by atoms with van der Waals surface area (Å²) in [6.07, 6.45) is -2.14. The van der Waals surface area contributed by atoms with Crippen LogP contribution in [0.4, 0.5) is 17.1 Å². The maximum atomic E-state index is 13.1. The fraction of sp³-hybridized carbons (Fsp3) is 0.160. The number of non-ortho nitro benzene ring substituents is 1. The second-order valence-electron chi connectivity index (χ2n) is 7.77. The summed E-state index contributed by atoms with van der Waals surface area (Å²) in [6.45, 7) is 1.67. The van der Waals surface area contributed by atoms with Crippen LogP contribution in [0.1, 0.15) is 40.4 Å². The van der Waals surface area contributed by atoms with Gasteiger partial charge in [-0.3, -0.25) is 34.6 Å². The predicted octanol–water partition coefficient (Wildman–Crippen LogP) is 4.70. The molecule has 3 aromatic rings. The number of anilines is 1. The number of Topliss-reactive ketones (excluding diaryl/α,β-unsaturated/α-hetero) is 1. The Balaban J connectivity index is 1.71. The quantitative estimate of drug-likeness (QED) is 0.185. The second-order valence-corrected chi connectivity index (χ2v) is 7.77. The molecular formula is C25H21N3O8. The van der Waals surface area contributed by atoms with Crippen molar-refractivity contribution in [2.75, 3.05) is 5.32 Å². The van der Waals surface area contributed by atoms with Crippen LogP contribution in [0, 0.1) is 27.2 Å². The average Bonchev–Trinajstić information content (AvgIpc) is 2.87. The lowest BCUT2D eigenvalue weighted by Crippen LogP contribution is -2.21. The van der Waals surface area contributed by atoms with Crippen molar-refractivity contribution in [2.24, 2.45) is 0 Å². The topological polar surface area (TPSA) is 159 Å². The van der Waals surface area contributed by atoms with E-state index in [1.807, 2.05) is 0 Å². The third-order valence-corrected chi connectivity index (χ3v) is 5.13. The van der Waals surface area contributed by atoms with Gasteiger partial charge < -0.3 is 10.1 Å². The van der Waals surface area contributed by atoms with Crippen molar-refractivity contribution in [1.82, 2.24) is 0 Å². The number of benzene rings is 3. The van der Waals surface area contributed by atoms with Crippen molar-refractivity contribution in [3.63, 3.8) is 0 Å². The van der Waals surface area contributed by atoms with Crippen molar-refractivity contribution in [3.8, 4) is 0 Å². The molecule has 0 aliphatic rings. The molecule has 0 aliphatic carbocycles. The largest absolute Gasteiger partial charge is 0.449 e. The minimum absolute atomic E-state index is 0.00743. The fourth-order valence-electron chi connectivity index (χ4n) is 3.31. The van der Waals surface area contributed by atoms with Crippen LogP contribution >= 0.6 is 0 Å². The Hall–Kier alpha value is -4.93. The van der Waals surface area contributed by atoms with Crippen molar-refractivity contribution < 1.29 is 29.0 Å². The summed E-state index contributed by atoms with van der Waals surface area (Å²) in [5, 5.41) is 24.6. The molecule has 0 aromatic heterocycles. The van der Waals surface area contributed by atoms with Crippen LogP contribution in [0.3, 0.4) is 0 Å². The molecule has 1 atom stereocenters. The molecule has 0 fully saturated rings. The van der Waals surface area contributed by atoms with Gasteiger partial charge in [-0.15, -0.1) is 0 Å². The van der Waals surface area contributed by atoms with E-state index in [-0.39, 0.29) is 34.6 Å². The van der Waals surface area contributed by atoms with Crippen LogP contribution in [-0.2, 0) is 14.3 Å². The SMILES string of the molecule is Cc1ccc(NC(=O)CCC(=O)O[C@H](C(=O)c2ccccc2)c2ccc([N+](=O)[O-])cc2)c([N+](=O)[O-])c1. The number of hydrogen-bond donors (Lipinski definition) is 1. The molecule has 1 N–H and O–H groups in total. The molecule has 0 spiro atoms. The molecule has 3 rings (SSSR count). The van der Waals surface area contributed by atoms with Gasteiger partial charge in [0.25, 0.3) is 11.4 Å². The van der Waals surface area contributed by atoms with E-state index >= 15 is 0 Å². The number of hydrogen-bond acceptors (Lipinski definition) is 8. The minimum atomic E-state index is -1.39. The average molecular weight is 491 g/mol. The second kappa shape index (κ2) is 11.5. The predicted molar refractivity (Wildman–Crippen MR) is 128 cm³/mol.